The highest BCUT2D eigenvalue weighted by Gasteiger charge is 2.10. The van der Waals surface area contributed by atoms with E-state index in [1.165, 1.54) is 18.4 Å². The SMILES string of the molecule is N=C(/C=C(\NCc1ccccc1F)c1ccon1)c1ncc(F)cn1. The predicted octanol–water partition coefficient (Wildman–Crippen LogP) is 2.94. The van der Waals surface area contributed by atoms with Crippen LogP contribution in [0.5, 0.6) is 0 Å². The molecule has 0 atom stereocenters. The molecule has 6 nitrogen and oxygen atoms in total. The first-order valence-corrected chi connectivity index (χ1v) is 7.29. The quantitative estimate of drug-likeness (QED) is 0.673. The first-order chi connectivity index (χ1) is 12.1. The fourth-order valence-corrected chi connectivity index (χ4v) is 2.06. The van der Waals surface area contributed by atoms with E-state index < -0.39 is 5.82 Å². The van der Waals surface area contributed by atoms with Crippen molar-refractivity contribution in [2.45, 2.75) is 6.54 Å². The van der Waals surface area contributed by atoms with Crippen LogP contribution in [0.3, 0.4) is 0 Å². The fraction of sp³-hybridized carbons (Fsp3) is 0.0588. The van der Waals surface area contributed by atoms with Gasteiger partial charge in [0.05, 0.1) is 18.1 Å². The van der Waals surface area contributed by atoms with E-state index in [2.05, 4.69) is 20.4 Å². The molecule has 0 bridgehead atoms. The number of allylic oxidation sites excluding steroid dienone is 1. The van der Waals surface area contributed by atoms with Crippen molar-refractivity contribution >= 4 is 11.4 Å². The van der Waals surface area contributed by atoms with Crippen LogP contribution in [-0.4, -0.2) is 20.8 Å². The van der Waals surface area contributed by atoms with Crippen molar-refractivity contribution in [3.05, 3.63) is 83.8 Å². The molecule has 0 radical (unpaired) electrons. The fourth-order valence-electron chi connectivity index (χ4n) is 2.06. The van der Waals surface area contributed by atoms with E-state index in [1.807, 2.05) is 0 Å². The first-order valence-electron chi connectivity index (χ1n) is 7.29. The standard InChI is InChI=1S/C17H13F2N5O/c18-12-9-22-17(23-10-12)14(20)7-16(15-5-6-25-24-15)21-8-11-3-1-2-4-13(11)19/h1-7,9-10,20-21H,8H2/b16-7-,20-14?. The van der Waals surface area contributed by atoms with Crippen molar-refractivity contribution < 1.29 is 13.3 Å². The molecule has 0 aliphatic carbocycles. The van der Waals surface area contributed by atoms with Crippen LogP contribution >= 0.6 is 0 Å². The van der Waals surface area contributed by atoms with Crippen LogP contribution in [-0.2, 0) is 6.54 Å². The van der Waals surface area contributed by atoms with E-state index in [4.69, 9.17) is 9.93 Å². The maximum Gasteiger partial charge on any atom is 0.177 e. The minimum absolute atomic E-state index is 0.0510. The van der Waals surface area contributed by atoms with Crippen molar-refractivity contribution in [3.8, 4) is 0 Å². The molecule has 0 aliphatic rings. The third-order valence-electron chi connectivity index (χ3n) is 3.29. The largest absolute Gasteiger partial charge is 0.379 e. The molecule has 0 saturated heterocycles. The van der Waals surface area contributed by atoms with E-state index in [0.717, 1.165) is 12.4 Å². The summed E-state index contributed by atoms with van der Waals surface area (Å²) in [6, 6.07) is 7.95. The van der Waals surface area contributed by atoms with Crippen molar-refractivity contribution in [3.63, 3.8) is 0 Å². The van der Waals surface area contributed by atoms with Crippen LogP contribution in [0.25, 0.3) is 5.70 Å². The van der Waals surface area contributed by atoms with E-state index in [9.17, 15) is 8.78 Å². The third-order valence-corrected chi connectivity index (χ3v) is 3.29. The summed E-state index contributed by atoms with van der Waals surface area (Å²) in [5.74, 6) is -0.878. The predicted molar refractivity (Wildman–Crippen MR) is 86.5 cm³/mol. The highest BCUT2D eigenvalue weighted by Crippen LogP contribution is 2.13. The van der Waals surface area contributed by atoms with Gasteiger partial charge in [-0.05, 0) is 12.1 Å². The molecule has 2 aromatic heterocycles. The monoisotopic (exact) mass is 341 g/mol. The number of nitrogens with one attached hydrogen (secondary N) is 2. The molecule has 3 aromatic rings. The van der Waals surface area contributed by atoms with Crippen LogP contribution in [0.1, 0.15) is 17.1 Å². The lowest BCUT2D eigenvalue weighted by Crippen LogP contribution is -2.15. The topological polar surface area (TPSA) is 87.7 Å². The highest BCUT2D eigenvalue weighted by molar-refractivity contribution is 6.07. The van der Waals surface area contributed by atoms with Crippen molar-refractivity contribution in [1.82, 2.24) is 20.4 Å². The van der Waals surface area contributed by atoms with E-state index in [0.29, 0.717) is 17.0 Å². The number of hydrogen-bond donors (Lipinski definition) is 2. The molecule has 2 heterocycles. The average Bonchev–Trinajstić information content (AvgIpc) is 3.15. The number of benzene rings is 1. The van der Waals surface area contributed by atoms with Gasteiger partial charge in [0.2, 0.25) is 0 Å². The molecule has 0 unspecified atom stereocenters. The summed E-state index contributed by atoms with van der Waals surface area (Å²) in [6.45, 7) is 0.183. The van der Waals surface area contributed by atoms with Crippen molar-refractivity contribution in [2.24, 2.45) is 0 Å². The Bertz CT molecular complexity index is 892. The minimum atomic E-state index is -0.588. The summed E-state index contributed by atoms with van der Waals surface area (Å²) >= 11 is 0. The van der Waals surface area contributed by atoms with Gasteiger partial charge in [-0.25, -0.2) is 18.7 Å². The molecule has 0 saturated carbocycles. The zero-order valence-electron chi connectivity index (χ0n) is 12.9. The molecule has 0 aliphatic heterocycles. The molecule has 126 valence electrons. The summed E-state index contributed by atoms with van der Waals surface area (Å²) in [5.41, 5.74) is 1.26. The summed E-state index contributed by atoms with van der Waals surface area (Å²) in [4.78, 5) is 7.52. The summed E-state index contributed by atoms with van der Waals surface area (Å²) in [7, 11) is 0. The Kier molecular flexibility index (Phi) is 4.89. The second kappa shape index (κ2) is 7.43. The number of aromatic nitrogens is 3. The summed E-state index contributed by atoms with van der Waals surface area (Å²) in [6.07, 6.45) is 4.76. The zero-order chi connectivity index (χ0) is 17.6. The molecule has 8 heteroatoms. The second-order valence-corrected chi connectivity index (χ2v) is 5.03. The van der Waals surface area contributed by atoms with Gasteiger partial charge in [0.25, 0.3) is 0 Å². The number of halogens is 2. The number of nitrogens with zero attached hydrogens (tertiary/aromatic N) is 3. The van der Waals surface area contributed by atoms with Crippen LogP contribution in [0.4, 0.5) is 8.78 Å². The Morgan fingerprint density at radius 2 is 1.92 bits per heavy atom. The maximum absolute atomic E-state index is 13.8. The lowest BCUT2D eigenvalue weighted by molar-refractivity contribution is 0.417. The normalized spacial score (nSPS) is 11.4. The Balaban J connectivity index is 1.83. The number of rotatable bonds is 6. The molecule has 2 N–H and O–H groups in total. The van der Waals surface area contributed by atoms with Crippen LogP contribution in [0, 0.1) is 17.0 Å². The Morgan fingerprint density at radius 1 is 1.16 bits per heavy atom. The van der Waals surface area contributed by atoms with Gasteiger partial charge in [-0.2, -0.15) is 0 Å². The molecule has 25 heavy (non-hydrogen) atoms. The molecular weight excluding hydrogens is 328 g/mol. The van der Waals surface area contributed by atoms with Gasteiger partial charge >= 0.3 is 0 Å². The first kappa shape index (κ1) is 16.4. The Labute approximate surface area is 141 Å². The van der Waals surface area contributed by atoms with Gasteiger partial charge in [0.15, 0.2) is 11.6 Å². The van der Waals surface area contributed by atoms with E-state index in [1.54, 1.807) is 24.3 Å². The average molecular weight is 341 g/mol. The van der Waals surface area contributed by atoms with Gasteiger partial charge in [-0.1, -0.05) is 23.4 Å². The minimum Gasteiger partial charge on any atom is -0.379 e. The van der Waals surface area contributed by atoms with Crippen LogP contribution in [0.2, 0.25) is 0 Å². The van der Waals surface area contributed by atoms with Crippen LogP contribution in [0.15, 0.2) is 59.6 Å². The third kappa shape index (κ3) is 4.11. The van der Waals surface area contributed by atoms with Crippen molar-refractivity contribution in [2.75, 3.05) is 0 Å². The molecule has 3 rings (SSSR count). The maximum atomic E-state index is 13.8. The van der Waals surface area contributed by atoms with Gasteiger partial charge in [0.1, 0.15) is 23.5 Å². The van der Waals surface area contributed by atoms with E-state index >= 15 is 0 Å². The van der Waals surface area contributed by atoms with Gasteiger partial charge < -0.3 is 9.84 Å². The zero-order valence-corrected chi connectivity index (χ0v) is 12.9. The molecular formula is C17H13F2N5O. The van der Waals surface area contributed by atoms with Gasteiger partial charge in [0, 0.05) is 18.2 Å². The van der Waals surface area contributed by atoms with Crippen molar-refractivity contribution in [1.29, 1.82) is 5.41 Å². The highest BCUT2D eigenvalue weighted by atomic mass is 19.1. The lowest BCUT2D eigenvalue weighted by atomic mass is 10.2. The lowest BCUT2D eigenvalue weighted by Gasteiger charge is -2.10. The molecule has 0 fully saturated rings. The summed E-state index contributed by atoms with van der Waals surface area (Å²) < 4.78 is 31.5. The molecule has 0 amide bonds. The van der Waals surface area contributed by atoms with E-state index in [-0.39, 0.29) is 23.9 Å². The summed E-state index contributed by atoms with van der Waals surface area (Å²) in [5, 5.41) is 14.9. The smallest absolute Gasteiger partial charge is 0.177 e. The van der Waals surface area contributed by atoms with Gasteiger partial charge in [-0.15, -0.1) is 0 Å². The van der Waals surface area contributed by atoms with Crippen LogP contribution < -0.4 is 5.32 Å². The Hall–Kier alpha value is -3.42. The van der Waals surface area contributed by atoms with Gasteiger partial charge in [-0.3, -0.25) is 5.41 Å². The second-order valence-electron chi connectivity index (χ2n) is 5.03. The molecule has 1 aromatic carbocycles. The molecule has 0 spiro atoms. The number of hydrogen-bond acceptors (Lipinski definition) is 6. The Morgan fingerprint density at radius 3 is 2.60 bits per heavy atom.